The fourth-order valence-corrected chi connectivity index (χ4v) is 4.68. The number of amides is 1. The van der Waals surface area contributed by atoms with Gasteiger partial charge in [0, 0.05) is 17.1 Å². The van der Waals surface area contributed by atoms with Crippen LogP contribution in [0.4, 0.5) is 10.1 Å². The molecule has 0 atom stereocenters. The number of aromatic nitrogens is 2. The number of carbonyl (C=O) groups is 1. The van der Waals surface area contributed by atoms with Gasteiger partial charge in [0.25, 0.3) is 5.91 Å². The molecule has 1 N–H and O–H groups in total. The molecule has 6 nitrogen and oxygen atoms in total. The molecular weight excluding hydrogens is 413 g/mol. The van der Waals surface area contributed by atoms with E-state index in [-0.39, 0.29) is 16.0 Å². The number of rotatable bonds is 3. The number of hydrogen-bond acceptors (Lipinski definition) is 6. The zero-order valence-corrected chi connectivity index (χ0v) is 18.7. The summed E-state index contributed by atoms with van der Waals surface area (Å²) in [4.78, 5) is 23.0. The van der Waals surface area contributed by atoms with Gasteiger partial charge in [0.2, 0.25) is 0 Å². The van der Waals surface area contributed by atoms with E-state index in [1.807, 2.05) is 27.7 Å². The van der Waals surface area contributed by atoms with Crippen LogP contribution in [0.2, 0.25) is 0 Å². The molecule has 0 spiro atoms. The van der Waals surface area contributed by atoms with Crippen LogP contribution >= 0.6 is 11.3 Å². The molecule has 0 bridgehead atoms. The third kappa shape index (κ3) is 4.16. The minimum atomic E-state index is -3.53. The molecule has 9 heteroatoms. The molecule has 2 heterocycles. The van der Waals surface area contributed by atoms with Crippen LogP contribution in [0.1, 0.15) is 47.5 Å². The predicted octanol–water partition coefficient (Wildman–Crippen LogP) is 4.40. The quantitative estimate of drug-likeness (QED) is 0.616. The minimum absolute atomic E-state index is 0.0706. The predicted molar refractivity (Wildman–Crippen MR) is 113 cm³/mol. The molecule has 0 saturated carbocycles. The molecule has 154 valence electrons. The number of carbonyl (C=O) groups excluding carboxylic acids is 1. The zero-order chi connectivity index (χ0) is 21.7. The number of halogens is 1. The topological polar surface area (TPSA) is 89.0 Å². The first-order valence-corrected chi connectivity index (χ1v) is 11.6. The van der Waals surface area contributed by atoms with Gasteiger partial charge in [-0.25, -0.2) is 22.8 Å². The number of hydrogen-bond donors (Lipinski definition) is 1. The van der Waals surface area contributed by atoms with Crippen molar-refractivity contribution in [2.75, 3.05) is 11.6 Å². The van der Waals surface area contributed by atoms with E-state index in [1.54, 1.807) is 6.92 Å². The second kappa shape index (κ2) is 7.14. The van der Waals surface area contributed by atoms with Gasteiger partial charge in [0.15, 0.2) is 9.84 Å². The largest absolute Gasteiger partial charge is 0.319 e. The molecule has 1 amide bonds. The van der Waals surface area contributed by atoms with Crippen molar-refractivity contribution in [3.63, 3.8) is 0 Å². The maximum atomic E-state index is 14.2. The van der Waals surface area contributed by atoms with E-state index in [0.29, 0.717) is 21.1 Å². The van der Waals surface area contributed by atoms with Crippen LogP contribution in [-0.4, -0.2) is 30.5 Å². The number of anilines is 1. The zero-order valence-electron chi connectivity index (χ0n) is 17.0. The Hall–Kier alpha value is -2.39. The number of nitrogens with zero attached hydrogens (tertiary/aromatic N) is 2. The number of nitrogens with one attached hydrogen (secondary N) is 1. The molecular formula is C20H22FN3O3S2. The Bertz CT molecular complexity index is 1240. The second-order valence-electron chi connectivity index (χ2n) is 7.99. The first-order valence-electron chi connectivity index (χ1n) is 8.88. The van der Waals surface area contributed by atoms with Crippen molar-refractivity contribution in [3.05, 3.63) is 46.0 Å². The van der Waals surface area contributed by atoms with Crippen LogP contribution in [-0.2, 0) is 15.3 Å². The van der Waals surface area contributed by atoms with E-state index in [9.17, 15) is 17.6 Å². The number of fused-ring (bicyclic) bond motifs is 1. The van der Waals surface area contributed by atoms with Gasteiger partial charge in [-0.3, -0.25) is 4.79 Å². The molecule has 29 heavy (non-hydrogen) atoms. The number of aryl methyl sites for hydroxylation is 2. The second-order valence-corrected chi connectivity index (χ2v) is 11.0. The van der Waals surface area contributed by atoms with Gasteiger partial charge in [-0.1, -0.05) is 20.8 Å². The Labute approximate surface area is 173 Å². The lowest BCUT2D eigenvalue weighted by molar-refractivity contribution is 0.102. The average Bonchev–Trinajstić information content (AvgIpc) is 2.92. The summed E-state index contributed by atoms with van der Waals surface area (Å²) in [6.45, 7) is 9.71. The fourth-order valence-electron chi connectivity index (χ4n) is 2.90. The number of sulfone groups is 1. The molecule has 3 aromatic rings. The first-order chi connectivity index (χ1) is 13.3. The van der Waals surface area contributed by atoms with E-state index in [0.717, 1.165) is 35.5 Å². The van der Waals surface area contributed by atoms with Crippen molar-refractivity contribution in [1.82, 2.24) is 9.97 Å². The normalized spacial score (nSPS) is 12.4. The lowest BCUT2D eigenvalue weighted by atomic mass is 9.95. The van der Waals surface area contributed by atoms with Crippen molar-refractivity contribution >= 4 is 43.0 Å². The van der Waals surface area contributed by atoms with Crippen molar-refractivity contribution < 1.29 is 17.6 Å². The maximum Gasteiger partial charge on any atom is 0.266 e. The van der Waals surface area contributed by atoms with Gasteiger partial charge in [-0.15, -0.1) is 11.3 Å². The summed E-state index contributed by atoms with van der Waals surface area (Å²) in [6.07, 6.45) is 1.02. The molecule has 0 fully saturated rings. The highest BCUT2D eigenvalue weighted by Crippen LogP contribution is 2.34. The third-order valence-corrected chi connectivity index (χ3v) is 6.76. The Morgan fingerprint density at radius 3 is 2.41 bits per heavy atom. The Morgan fingerprint density at radius 2 is 1.83 bits per heavy atom. The maximum absolute atomic E-state index is 14.2. The lowest BCUT2D eigenvalue weighted by Crippen LogP contribution is -2.16. The highest BCUT2D eigenvalue weighted by molar-refractivity contribution is 7.90. The van der Waals surface area contributed by atoms with Crippen LogP contribution in [0.25, 0.3) is 10.2 Å². The summed E-state index contributed by atoms with van der Waals surface area (Å²) in [5.74, 6) is -0.551. The SMILES string of the molecule is Cc1nc(C(C)(C)C)nc2sc(C(=O)Nc3cc(S(C)(=O)=O)ccc3F)c(C)c12. The molecule has 0 aliphatic heterocycles. The van der Waals surface area contributed by atoms with E-state index in [2.05, 4.69) is 15.3 Å². The van der Waals surface area contributed by atoms with Gasteiger partial charge in [0.1, 0.15) is 16.5 Å². The van der Waals surface area contributed by atoms with Crippen LogP contribution in [0.3, 0.4) is 0 Å². The summed E-state index contributed by atoms with van der Waals surface area (Å²) in [5.41, 5.74) is 1.06. The van der Waals surface area contributed by atoms with Gasteiger partial charge in [-0.05, 0) is 37.6 Å². The van der Waals surface area contributed by atoms with Crippen molar-refractivity contribution in [1.29, 1.82) is 0 Å². The van der Waals surface area contributed by atoms with E-state index >= 15 is 0 Å². The van der Waals surface area contributed by atoms with Crippen LogP contribution in [0.5, 0.6) is 0 Å². The Kier molecular flexibility index (Phi) is 5.25. The molecule has 0 saturated heterocycles. The van der Waals surface area contributed by atoms with E-state index in [4.69, 9.17) is 0 Å². The molecule has 2 aromatic heterocycles. The minimum Gasteiger partial charge on any atom is -0.319 e. The fraction of sp³-hybridized carbons (Fsp3) is 0.350. The van der Waals surface area contributed by atoms with Gasteiger partial charge >= 0.3 is 0 Å². The molecule has 0 radical (unpaired) electrons. The van der Waals surface area contributed by atoms with Gasteiger partial charge in [-0.2, -0.15) is 0 Å². The monoisotopic (exact) mass is 435 g/mol. The molecule has 0 aliphatic carbocycles. The van der Waals surface area contributed by atoms with Gasteiger partial charge < -0.3 is 5.32 Å². The smallest absolute Gasteiger partial charge is 0.266 e. The summed E-state index contributed by atoms with van der Waals surface area (Å²) < 4.78 is 37.6. The standard InChI is InChI=1S/C20H22FN3O3S2/c1-10-15-11(2)22-19(20(3,4)5)24-18(15)28-16(10)17(25)23-14-9-12(29(6,26)27)7-8-13(14)21/h7-9H,1-6H3,(H,23,25). The van der Waals surface area contributed by atoms with E-state index in [1.165, 1.54) is 11.3 Å². The molecule has 1 aromatic carbocycles. The summed E-state index contributed by atoms with van der Waals surface area (Å²) >= 11 is 1.21. The third-order valence-electron chi connectivity index (χ3n) is 4.46. The van der Waals surface area contributed by atoms with Crippen molar-refractivity contribution in [2.45, 2.75) is 44.9 Å². The van der Waals surface area contributed by atoms with Crippen LogP contribution in [0, 0.1) is 19.7 Å². The Morgan fingerprint density at radius 1 is 1.17 bits per heavy atom. The average molecular weight is 436 g/mol. The van der Waals surface area contributed by atoms with Gasteiger partial charge in [0.05, 0.1) is 21.2 Å². The lowest BCUT2D eigenvalue weighted by Gasteiger charge is -2.16. The Balaban J connectivity index is 2.05. The van der Waals surface area contributed by atoms with Crippen molar-refractivity contribution in [2.24, 2.45) is 0 Å². The summed E-state index contributed by atoms with van der Waals surface area (Å²) in [5, 5.41) is 3.29. The van der Waals surface area contributed by atoms with E-state index < -0.39 is 21.6 Å². The summed E-state index contributed by atoms with van der Waals surface area (Å²) in [6, 6.07) is 3.31. The highest BCUT2D eigenvalue weighted by atomic mass is 32.2. The van der Waals surface area contributed by atoms with Crippen LogP contribution < -0.4 is 5.32 Å². The first kappa shape index (κ1) is 21.3. The van der Waals surface area contributed by atoms with Crippen LogP contribution in [0.15, 0.2) is 23.1 Å². The molecule has 3 rings (SSSR count). The summed E-state index contributed by atoms with van der Waals surface area (Å²) in [7, 11) is -3.53. The molecule has 0 aliphatic rings. The molecule has 0 unspecified atom stereocenters. The number of benzene rings is 1. The number of thiophene rings is 1. The van der Waals surface area contributed by atoms with Crippen molar-refractivity contribution in [3.8, 4) is 0 Å². The highest BCUT2D eigenvalue weighted by Gasteiger charge is 2.24.